The van der Waals surface area contributed by atoms with Crippen molar-refractivity contribution in [3.63, 3.8) is 0 Å². The maximum atomic E-state index is 13.7. The normalized spacial score (nSPS) is 12.5. The molecular formula is C14H16BrFN4OS. The van der Waals surface area contributed by atoms with Crippen LogP contribution >= 0.6 is 27.7 Å². The van der Waals surface area contributed by atoms with Crippen molar-refractivity contribution in [1.29, 1.82) is 0 Å². The smallest absolute Gasteiger partial charge is 0.237 e. The van der Waals surface area contributed by atoms with Crippen LogP contribution in [0.15, 0.2) is 34.2 Å². The van der Waals surface area contributed by atoms with Crippen molar-refractivity contribution in [2.24, 2.45) is 0 Å². The molecule has 0 aliphatic heterocycles. The molecule has 8 heteroatoms. The molecule has 1 aromatic carbocycles. The highest BCUT2D eigenvalue weighted by Gasteiger charge is 2.19. The first-order valence-electron chi connectivity index (χ1n) is 6.70. The molecule has 2 aromatic rings. The summed E-state index contributed by atoms with van der Waals surface area (Å²) in [6.45, 7) is 5.76. The van der Waals surface area contributed by atoms with Gasteiger partial charge in [-0.15, -0.1) is 10.2 Å². The summed E-state index contributed by atoms with van der Waals surface area (Å²) in [6.07, 6.45) is 1.63. The van der Waals surface area contributed by atoms with E-state index >= 15 is 0 Å². The minimum absolute atomic E-state index is 0.158. The fourth-order valence-electron chi connectivity index (χ4n) is 1.71. The molecule has 0 bridgehead atoms. The Morgan fingerprint density at radius 2 is 2.14 bits per heavy atom. The quantitative estimate of drug-likeness (QED) is 0.792. The van der Waals surface area contributed by atoms with Crippen LogP contribution < -0.4 is 5.32 Å². The summed E-state index contributed by atoms with van der Waals surface area (Å²) in [5.41, 5.74) is 0.158. The number of rotatable bonds is 5. The lowest BCUT2D eigenvalue weighted by Gasteiger charge is -2.14. The SMILES string of the molecule is CC(C)n1cnnc1S[C@H](C)C(=O)Nc1ccc(Br)cc1F. The summed E-state index contributed by atoms with van der Waals surface area (Å²) in [5.74, 6) is -0.769. The Bertz CT molecular complexity index is 677. The number of amides is 1. The average molecular weight is 387 g/mol. The zero-order chi connectivity index (χ0) is 16.3. The Kier molecular flexibility index (Phi) is 5.57. The third-order valence-corrected chi connectivity index (χ3v) is 4.50. The number of nitrogens with one attached hydrogen (secondary N) is 1. The molecule has 1 heterocycles. The van der Waals surface area contributed by atoms with E-state index in [1.54, 1.807) is 19.3 Å². The van der Waals surface area contributed by atoms with Crippen molar-refractivity contribution in [1.82, 2.24) is 14.8 Å². The second kappa shape index (κ2) is 7.23. The molecule has 1 atom stereocenters. The number of carbonyl (C=O) groups excluding carboxylic acids is 1. The lowest BCUT2D eigenvalue weighted by molar-refractivity contribution is -0.115. The number of thioether (sulfide) groups is 1. The molecular weight excluding hydrogens is 371 g/mol. The summed E-state index contributed by atoms with van der Waals surface area (Å²) in [7, 11) is 0. The van der Waals surface area contributed by atoms with E-state index < -0.39 is 11.1 Å². The Balaban J connectivity index is 2.04. The van der Waals surface area contributed by atoms with Crippen molar-refractivity contribution in [2.75, 3.05) is 5.32 Å². The van der Waals surface area contributed by atoms with Crippen molar-refractivity contribution in [3.05, 3.63) is 34.8 Å². The van der Waals surface area contributed by atoms with Gasteiger partial charge in [-0.3, -0.25) is 4.79 Å². The van der Waals surface area contributed by atoms with E-state index in [2.05, 4.69) is 31.4 Å². The third kappa shape index (κ3) is 4.07. The largest absolute Gasteiger partial charge is 0.323 e. The van der Waals surface area contributed by atoms with Crippen molar-refractivity contribution in [2.45, 2.75) is 37.2 Å². The Morgan fingerprint density at radius 3 is 2.77 bits per heavy atom. The number of aromatic nitrogens is 3. The second-order valence-electron chi connectivity index (χ2n) is 4.99. The molecule has 0 unspecified atom stereocenters. The van der Waals surface area contributed by atoms with E-state index in [4.69, 9.17) is 0 Å². The summed E-state index contributed by atoms with van der Waals surface area (Å²) in [4.78, 5) is 12.2. The van der Waals surface area contributed by atoms with Gasteiger partial charge >= 0.3 is 0 Å². The van der Waals surface area contributed by atoms with Crippen molar-refractivity contribution < 1.29 is 9.18 Å². The molecule has 1 aromatic heterocycles. The van der Waals surface area contributed by atoms with Gasteiger partial charge in [0.05, 0.1) is 10.9 Å². The van der Waals surface area contributed by atoms with Crippen LogP contribution in [0.4, 0.5) is 10.1 Å². The second-order valence-corrected chi connectivity index (χ2v) is 7.21. The van der Waals surface area contributed by atoms with Gasteiger partial charge < -0.3 is 9.88 Å². The van der Waals surface area contributed by atoms with Crippen LogP contribution in [0.1, 0.15) is 26.8 Å². The predicted molar refractivity (Wildman–Crippen MR) is 88.5 cm³/mol. The van der Waals surface area contributed by atoms with E-state index in [1.807, 2.05) is 18.4 Å². The first-order valence-corrected chi connectivity index (χ1v) is 8.38. The van der Waals surface area contributed by atoms with E-state index in [-0.39, 0.29) is 17.6 Å². The summed E-state index contributed by atoms with van der Waals surface area (Å²) < 4.78 is 16.2. The van der Waals surface area contributed by atoms with Crippen LogP contribution in [0.5, 0.6) is 0 Å². The number of carbonyl (C=O) groups is 1. The Labute approximate surface area is 140 Å². The number of hydrogen-bond acceptors (Lipinski definition) is 4. The van der Waals surface area contributed by atoms with Gasteiger partial charge in [0.25, 0.3) is 0 Å². The number of hydrogen-bond donors (Lipinski definition) is 1. The highest BCUT2D eigenvalue weighted by Crippen LogP contribution is 2.25. The Morgan fingerprint density at radius 1 is 1.41 bits per heavy atom. The van der Waals surface area contributed by atoms with Gasteiger partial charge in [-0.25, -0.2) is 4.39 Å². The molecule has 22 heavy (non-hydrogen) atoms. The summed E-state index contributed by atoms with van der Waals surface area (Å²) in [5, 5.41) is 10.7. The first-order chi connectivity index (χ1) is 10.4. The van der Waals surface area contributed by atoms with E-state index in [9.17, 15) is 9.18 Å². The molecule has 2 rings (SSSR count). The van der Waals surface area contributed by atoms with Gasteiger partial charge in [0.15, 0.2) is 5.16 Å². The maximum Gasteiger partial charge on any atom is 0.237 e. The van der Waals surface area contributed by atoms with Crippen LogP contribution in [0, 0.1) is 5.82 Å². The molecule has 1 N–H and O–H groups in total. The van der Waals surface area contributed by atoms with Crippen LogP contribution in [0.2, 0.25) is 0 Å². The third-order valence-electron chi connectivity index (χ3n) is 2.94. The zero-order valence-corrected chi connectivity index (χ0v) is 14.8. The average Bonchev–Trinajstić information content (AvgIpc) is 2.90. The molecule has 5 nitrogen and oxygen atoms in total. The Hall–Kier alpha value is -1.41. The van der Waals surface area contributed by atoms with Crippen molar-refractivity contribution in [3.8, 4) is 0 Å². The van der Waals surface area contributed by atoms with Gasteiger partial charge in [0, 0.05) is 10.5 Å². The molecule has 0 radical (unpaired) electrons. The minimum Gasteiger partial charge on any atom is -0.323 e. The van der Waals surface area contributed by atoms with E-state index in [0.29, 0.717) is 9.63 Å². The number of nitrogens with zero attached hydrogens (tertiary/aromatic N) is 3. The van der Waals surface area contributed by atoms with Crippen LogP contribution in [0.3, 0.4) is 0 Å². The minimum atomic E-state index is -0.481. The summed E-state index contributed by atoms with van der Waals surface area (Å²) >= 11 is 4.47. The fourth-order valence-corrected chi connectivity index (χ4v) is 3.00. The van der Waals surface area contributed by atoms with E-state index in [0.717, 1.165) is 0 Å². The molecule has 0 aliphatic carbocycles. The molecule has 0 spiro atoms. The highest BCUT2D eigenvalue weighted by atomic mass is 79.9. The van der Waals surface area contributed by atoms with Gasteiger partial charge in [-0.2, -0.15) is 0 Å². The van der Waals surface area contributed by atoms with E-state index in [1.165, 1.54) is 23.9 Å². The molecule has 0 saturated carbocycles. The monoisotopic (exact) mass is 386 g/mol. The molecule has 118 valence electrons. The molecule has 0 saturated heterocycles. The van der Waals surface area contributed by atoms with Crippen molar-refractivity contribution >= 4 is 39.3 Å². The maximum absolute atomic E-state index is 13.7. The number of benzene rings is 1. The fraction of sp³-hybridized carbons (Fsp3) is 0.357. The lowest BCUT2D eigenvalue weighted by Crippen LogP contribution is -2.23. The number of halogens is 2. The zero-order valence-electron chi connectivity index (χ0n) is 12.4. The first kappa shape index (κ1) is 17.0. The topological polar surface area (TPSA) is 59.8 Å². The van der Waals surface area contributed by atoms with Gasteiger partial charge in [-0.05, 0) is 39.0 Å². The van der Waals surface area contributed by atoms with Crippen LogP contribution in [-0.2, 0) is 4.79 Å². The van der Waals surface area contributed by atoms with Crippen LogP contribution in [0.25, 0.3) is 0 Å². The highest BCUT2D eigenvalue weighted by molar-refractivity contribution is 9.10. The number of anilines is 1. The standard InChI is InChI=1S/C14H16BrFN4OS/c1-8(2)20-7-17-19-14(20)22-9(3)13(21)18-12-5-4-10(15)6-11(12)16/h4-9H,1-3H3,(H,18,21)/t9-/m1/s1. The molecule has 1 amide bonds. The molecule has 0 aliphatic rings. The van der Waals surface area contributed by atoms with Gasteiger partial charge in [-0.1, -0.05) is 27.7 Å². The summed E-state index contributed by atoms with van der Waals surface area (Å²) in [6, 6.07) is 4.71. The lowest BCUT2D eigenvalue weighted by atomic mass is 10.3. The predicted octanol–water partition coefficient (Wildman–Crippen LogP) is 3.88. The van der Waals surface area contributed by atoms with Gasteiger partial charge in [0.1, 0.15) is 12.1 Å². The van der Waals surface area contributed by atoms with Crippen LogP contribution in [-0.4, -0.2) is 25.9 Å². The van der Waals surface area contributed by atoms with Gasteiger partial charge in [0.2, 0.25) is 5.91 Å². The molecule has 0 fully saturated rings.